The molecule has 0 heterocycles. The summed E-state index contributed by atoms with van der Waals surface area (Å²) in [6, 6.07) is 4.67. The Balaban J connectivity index is 3.15. The molecule has 11 heavy (non-hydrogen) atoms. The highest BCUT2D eigenvalue weighted by Crippen LogP contribution is 2.23. The Morgan fingerprint density at radius 2 is 2.18 bits per heavy atom. The average Bonchev–Trinajstić information content (AvgIpc) is 1.94. The minimum atomic E-state index is -0.00861. The molecule has 0 saturated carbocycles. The zero-order valence-corrected chi connectivity index (χ0v) is 7.22. The lowest BCUT2D eigenvalue weighted by molar-refractivity contribution is 0.472. The first kappa shape index (κ1) is 8.07. The second-order valence-corrected chi connectivity index (χ2v) is 2.93. The number of nitrogen functional groups attached to an aromatic ring is 1. The van der Waals surface area contributed by atoms with E-state index in [-0.39, 0.29) is 11.6 Å². The summed E-state index contributed by atoms with van der Waals surface area (Å²) in [5.74, 6) is 0.140. The zero-order valence-electron chi connectivity index (χ0n) is 5.63. The van der Waals surface area contributed by atoms with Gasteiger partial charge in [-0.15, -0.1) is 0 Å². The van der Waals surface area contributed by atoms with Crippen LogP contribution in [0.3, 0.4) is 0 Å². The summed E-state index contributed by atoms with van der Waals surface area (Å²) >= 11 is 3.11. The number of hydrogen-bond acceptors (Lipinski definition) is 2. The smallest absolute Gasteiger partial charge is 0.129 e. The average molecular weight is 215 g/mol. The summed E-state index contributed by atoms with van der Waals surface area (Å²) in [4.78, 5) is 0. The van der Waals surface area contributed by atoms with E-state index in [0.717, 1.165) is 0 Å². The Hall–Kier alpha value is -1.03. The third-order valence-electron chi connectivity index (χ3n) is 1.26. The van der Waals surface area contributed by atoms with Gasteiger partial charge in [-0.25, -0.2) is 0 Å². The second kappa shape index (κ2) is 2.92. The van der Waals surface area contributed by atoms with Gasteiger partial charge in [0.05, 0.1) is 4.47 Å². The Kier molecular flexibility index (Phi) is 2.14. The van der Waals surface area contributed by atoms with Crippen LogP contribution in [0.1, 0.15) is 5.56 Å². The molecular formula is C7H7BrN2O. The highest BCUT2D eigenvalue weighted by atomic mass is 79.9. The summed E-state index contributed by atoms with van der Waals surface area (Å²) in [6.07, 6.45) is 0. The van der Waals surface area contributed by atoms with Crippen molar-refractivity contribution in [2.45, 2.75) is 0 Å². The lowest BCUT2D eigenvalue weighted by Gasteiger charge is -1.99. The van der Waals surface area contributed by atoms with E-state index in [1.165, 1.54) is 6.07 Å². The molecule has 0 spiro atoms. The molecule has 0 atom stereocenters. The van der Waals surface area contributed by atoms with E-state index < -0.39 is 0 Å². The van der Waals surface area contributed by atoms with Gasteiger partial charge in [0.1, 0.15) is 11.6 Å². The van der Waals surface area contributed by atoms with Crippen LogP contribution in [-0.4, -0.2) is 10.9 Å². The molecule has 0 fully saturated rings. The number of halogens is 1. The van der Waals surface area contributed by atoms with Crippen LogP contribution < -0.4 is 5.73 Å². The number of hydrogen-bond donors (Lipinski definition) is 3. The van der Waals surface area contributed by atoms with Crippen molar-refractivity contribution in [3.8, 4) is 5.75 Å². The second-order valence-electron chi connectivity index (χ2n) is 2.08. The van der Waals surface area contributed by atoms with Gasteiger partial charge in [0.25, 0.3) is 0 Å². The molecule has 0 amide bonds. The van der Waals surface area contributed by atoms with Gasteiger partial charge in [-0.3, -0.25) is 5.41 Å². The molecule has 0 unspecified atom stereocenters. The Morgan fingerprint density at radius 3 is 2.64 bits per heavy atom. The number of amidine groups is 1. The van der Waals surface area contributed by atoms with E-state index in [4.69, 9.17) is 16.2 Å². The fourth-order valence-corrected chi connectivity index (χ4v) is 1.05. The van der Waals surface area contributed by atoms with Crippen LogP contribution in [0.5, 0.6) is 5.75 Å². The summed E-state index contributed by atoms with van der Waals surface area (Å²) < 4.78 is 0.546. The first-order valence-electron chi connectivity index (χ1n) is 2.94. The Morgan fingerprint density at radius 1 is 1.55 bits per heavy atom. The first-order chi connectivity index (χ1) is 5.11. The summed E-state index contributed by atoms with van der Waals surface area (Å²) in [5.41, 5.74) is 5.81. The van der Waals surface area contributed by atoms with Crippen molar-refractivity contribution in [2.75, 3.05) is 0 Å². The minimum Gasteiger partial charge on any atom is -0.507 e. The number of phenolic OH excluding ortho intramolecular Hbond substituents is 1. The molecule has 0 bridgehead atoms. The molecule has 0 aliphatic carbocycles. The van der Waals surface area contributed by atoms with E-state index in [1.807, 2.05) is 0 Å². The lowest BCUT2D eigenvalue weighted by Crippen LogP contribution is -2.10. The number of nitrogens with one attached hydrogen (secondary N) is 1. The number of nitrogens with two attached hydrogens (primary N) is 1. The van der Waals surface area contributed by atoms with E-state index >= 15 is 0 Å². The number of aromatic hydroxyl groups is 1. The standard InChI is InChI=1S/C7H7BrN2O/c8-5-3-4(7(9)10)1-2-6(5)11/h1-3,11H,(H3,9,10). The van der Waals surface area contributed by atoms with Crippen molar-refractivity contribution >= 4 is 21.8 Å². The zero-order chi connectivity index (χ0) is 8.43. The predicted octanol–water partition coefficient (Wildman–Crippen LogP) is 1.44. The van der Waals surface area contributed by atoms with Gasteiger partial charge in [0.2, 0.25) is 0 Å². The van der Waals surface area contributed by atoms with Gasteiger partial charge in [-0.05, 0) is 34.1 Å². The van der Waals surface area contributed by atoms with E-state index in [9.17, 15) is 0 Å². The van der Waals surface area contributed by atoms with Crippen LogP contribution in [0.4, 0.5) is 0 Å². The molecule has 1 aromatic carbocycles. The largest absolute Gasteiger partial charge is 0.507 e. The van der Waals surface area contributed by atoms with Gasteiger partial charge in [0.15, 0.2) is 0 Å². The molecule has 0 radical (unpaired) electrons. The SMILES string of the molecule is N=C(N)c1ccc(O)c(Br)c1. The lowest BCUT2D eigenvalue weighted by atomic mass is 10.2. The molecular weight excluding hydrogens is 208 g/mol. The molecule has 4 heteroatoms. The highest BCUT2D eigenvalue weighted by molar-refractivity contribution is 9.10. The molecule has 1 aromatic rings. The molecule has 58 valence electrons. The highest BCUT2D eigenvalue weighted by Gasteiger charge is 2.00. The first-order valence-corrected chi connectivity index (χ1v) is 3.73. The fourth-order valence-electron chi connectivity index (χ4n) is 0.674. The summed E-state index contributed by atoms with van der Waals surface area (Å²) in [6.45, 7) is 0. The van der Waals surface area contributed by atoms with Crippen molar-refractivity contribution in [3.05, 3.63) is 28.2 Å². The predicted molar refractivity (Wildman–Crippen MR) is 46.8 cm³/mol. The van der Waals surface area contributed by atoms with E-state index in [0.29, 0.717) is 10.0 Å². The number of benzene rings is 1. The molecule has 0 aliphatic heterocycles. The van der Waals surface area contributed by atoms with Crippen LogP contribution in [0.25, 0.3) is 0 Å². The molecule has 0 aliphatic rings. The van der Waals surface area contributed by atoms with Crippen molar-refractivity contribution in [2.24, 2.45) is 5.73 Å². The van der Waals surface area contributed by atoms with Crippen molar-refractivity contribution in [1.82, 2.24) is 0 Å². The van der Waals surface area contributed by atoms with Crippen molar-refractivity contribution in [1.29, 1.82) is 5.41 Å². The van der Waals surface area contributed by atoms with E-state index in [2.05, 4.69) is 15.9 Å². The van der Waals surface area contributed by atoms with Crippen LogP contribution in [0.2, 0.25) is 0 Å². The monoisotopic (exact) mass is 214 g/mol. The molecule has 4 N–H and O–H groups in total. The number of phenols is 1. The maximum atomic E-state index is 9.07. The maximum Gasteiger partial charge on any atom is 0.129 e. The van der Waals surface area contributed by atoms with Gasteiger partial charge in [-0.1, -0.05) is 0 Å². The topological polar surface area (TPSA) is 70.1 Å². The third kappa shape index (κ3) is 1.71. The van der Waals surface area contributed by atoms with Gasteiger partial charge >= 0.3 is 0 Å². The van der Waals surface area contributed by atoms with Crippen LogP contribution >= 0.6 is 15.9 Å². The number of rotatable bonds is 1. The quantitative estimate of drug-likeness (QED) is 0.490. The Labute approximate surface area is 72.5 Å². The molecule has 3 nitrogen and oxygen atoms in total. The molecule has 0 aromatic heterocycles. The maximum absolute atomic E-state index is 9.07. The van der Waals surface area contributed by atoms with Gasteiger partial charge in [0, 0.05) is 5.56 Å². The van der Waals surface area contributed by atoms with Gasteiger partial charge < -0.3 is 10.8 Å². The van der Waals surface area contributed by atoms with E-state index in [1.54, 1.807) is 12.1 Å². The van der Waals surface area contributed by atoms with Crippen LogP contribution in [0, 0.1) is 5.41 Å². The van der Waals surface area contributed by atoms with Crippen LogP contribution in [-0.2, 0) is 0 Å². The van der Waals surface area contributed by atoms with Crippen molar-refractivity contribution in [3.63, 3.8) is 0 Å². The third-order valence-corrected chi connectivity index (χ3v) is 1.89. The molecule has 0 saturated heterocycles. The summed E-state index contributed by atoms with van der Waals surface area (Å²) in [5, 5.41) is 16.1. The Bertz CT molecular complexity index is 298. The minimum absolute atomic E-state index is 0.00861. The fraction of sp³-hybridized carbons (Fsp3) is 0. The molecule has 1 rings (SSSR count). The van der Waals surface area contributed by atoms with Crippen molar-refractivity contribution < 1.29 is 5.11 Å². The van der Waals surface area contributed by atoms with Gasteiger partial charge in [-0.2, -0.15) is 0 Å². The van der Waals surface area contributed by atoms with Crippen LogP contribution in [0.15, 0.2) is 22.7 Å². The summed E-state index contributed by atoms with van der Waals surface area (Å²) in [7, 11) is 0. The normalized spacial score (nSPS) is 9.55.